The first-order valence-electron chi connectivity index (χ1n) is 4.31. The van der Waals surface area contributed by atoms with Crippen LogP contribution in [0, 0.1) is 5.92 Å². The molecule has 0 aliphatic carbocycles. The molecule has 2 amide bonds. The minimum Gasteiger partial charge on any atom is -0.330 e. The Bertz CT molecular complexity index is 260. The fourth-order valence-electron chi connectivity index (χ4n) is 1.20. The lowest BCUT2D eigenvalue weighted by Crippen LogP contribution is -2.44. The van der Waals surface area contributed by atoms with E-state index in [0.29, 0.717) is 25.2 Å². The average Bonchev–Trinajstić information content (AvgIpc) is 2.04. The van der Waals surface area contributed by atoms with Crippen LogP contribution in [0.2, 0.25) is 0 Å². The summed E-state index contributed by atoms with van der Waals surface area (Å²) in [5.74, 6) is -0.829. The maximum Gasteiger partial charge on any atom is 0.259 e. The molecule has 0 aromatic carbocycles. The van der Waals surface area contributed by atoms with Crippen molar-refractivity contribution < 1.29 is 9.59 Å². The predicted molar refractivity (Wildman–Crippen MR) is 48.0 cm³/mol. The Labute approximate surface area is 76.4 Å². The van der Waals surface area contributed by atoms with E-state index in [1.165, 1.54) is 0 Å². The molecule has 72 valence electrons. The van der Waals surface area contributed by atoms with Crippen molar-refractivity contribution in [3.63, 3.8) is 0 Å². The summed E-state index contributed by atoms with van der Waals surface area (Å²) in [6.45, 7) is 2.16. The Kier molecular flexibility index (Phi) is 3.13. The largest absolute Gasteiger partial charge is 0.330 e. The summed E-state index contributed by atoms with van der Waals surface area (Å²) in [5.41, 5.74) is 5.27. The molecule has 0 aromatic rings. The number of nitrogens with two attached hydrogens (primary N) is 1. The van der Waals surface area contributed by atoms with Crippen LogP contribution in [-0.4, -0.2) is 24.2 Å². The predicted octanol–water partition coefficient (Wildman–Crippen LogP) is -0.584. The van der Waals surface area contributed by atoms with Gasteiger partial charge in [-0.15, -0.1) is 0 Å². The highest BCUT2D eigenvalue weighted by molar-refractivity contribution is 6.15. The van der Waals surface area contributed by atoms with Crippen molar-refractivity contribution in [3.8, 4) is 0 Å². The number of rotatable bonds is 3. The minimum absolute atomic E-state index is 0.258. The maximum absolute atomic E-state index is 11.3. The van der Waals surface area contributed by atoms with E-state index in [0.717, 1.165) is 0 Å². The van der Waals surface area contributed by atoms with E-state index in [-0.39, 0.29) is 11.8 Å². The zero-order valence-corrected chi connectivity index (χ0v) is 7.54. The number of hydrogen-bond donors (Lipinski definition) is 2. The third-order valence-electron chi connectivity index (χ3n) is 1.92. The molecule has 0 radical (unpaired) electrons. The number of aliphatic imine (C=N–C) groups is 1. The molecule has 13 heavy (non-hydrogen) atoms. The summed E-state index contributed by atoms with van der Waals surface area (Å²) in [6.07, 6.45) is 0.929. The highest BCUT2D eigenvalue weighted by Gasteiger charge is 2.29. The number of carbonyl (C=O) groups excluding carboxylic acids is 2. The van der Waals surface area contributed by atoms with Crippen LogP contribution in [0.25, 0.3) is 0 Å². The van der Waals surface area contributed by atoms with Crippen LogP contribution in [0.3, 0.4) is 0 Å². The zero-order chi connectivity index (χ0) is 9.84. The normalized spacial score (nSPS) is 22.6. The third-order valence-corrected chi connectivity index (χ3v) is 1.92. The van der Waals surface area contributed by atoms with Gasteiger partial charge >= 0.3 is 0 Å². The molecule has 0 bridgehead atoms. The fourth-order valence-corrected chi connectivity index (χ4v) is 1.20. The number of carbonyl (C=O) groups is 2. The maximum atomic E-state index is 11.3. The van der Waals surface area contributed by atoms with Gasteiger partial charge in [-0.05, 0) is 13.0 Å². The van der Waals surface area contributed by atoms with Gasteiger partial charge in [0.05, 0.1) is 0 Å². The first-order valence-corrected chi connectivity index (χ1v) is 4.31. The van der Waals surface area contributed by atoms with E-state index in [1.54, 1.807) is 6.92 Å². The molecular weight excluding hydrogens is 170 g/mol. The molecule has 3 N–H and O–H groups in total. The third kappa shape index (κ3) is 2.12. The highest BCUT2D eigenvalue weighted by atomic mass is 16.2. The van der Waals surface area contributed by atoms with E-state index in [1.807, 2.05) is 0 Å². The van der Waals surface area contributed by atoms with Gasteiger partial charge in [-0.25, -0.2) is 0 Å². The van der Waals surface area contributed by atoms with E-state index in [9.17, 15) is 9.59 Å². The van der Waals surface area contributed by atoms with Gasteiger partial charge in [0.2, 0.25) is 5.91 Å². The lowest BCUT2D eigenvalue weighted by Gasteiger charge is -2.18. The molecule has 5 heteroatoms. The van der Waals surface area contributed by atoms with Crippen molar-refractivity contribution in [2.45, 2.75) is 19.8 Å². The number of nitrogens with zero attached hydrogens (tertiary/aromatic N) is 1. The lowest BCUT2D eigenvalue weighted by atomic mass is 10.0. The van der Waals surface area contributed by atoms with Gasteiger partial charge in [-0.1, -0.05) is 6.92 Å². The first kappa shape index (κ1) is 9.85. The molecule has 1 rings (SSSR count). The standard InChI is InChI=1S/C8H13N3O2/c1-2-5-7(12)10-6(3-4-9)11-8(5)13/h5H,2-4,9H2,1H3,(H,10,11,12,13). The number of amidine groups is 1. The fraction of sp³-hybridized carbons (Fsp3) is 0.625. The topological polar surface area (TPSA) is 84.6 Å². The summed E-state index contributed by atoms with van der Waals surface area (Å²) >= 11 is 0. The van der Waals surface area contributed by atoms with Gasteiger partial charge in [0.15, 0.2) is 0 Å². The number of nitrogens with one attached hydrogen (secondary N) is 1. The molecule has 1 unspecified atom stereocenters. The highest BCUT2D eigenvalue weighted by Crippen LogP contribution is 2.09. The number of amides is 2. The first-order chi connectivity index (χ1) is 6.19. The molecule has 1 heterocycles. The quantitative estimate of drug-likeness (QED) is 0.574. The van der Waals surface area contributed by atoms with Crippen LogP contribution in [0.1, 0.15) is 19.8 Å². The SMILES string of the molecule is CCC1C(=O)N=C(CCN)NC1=O. The van der Waals surface area contributed by atoms with Crippen LogP contribution in [0.15, 0.2) is 4.99 Å². The molecule has 0 saturated heterocycles. The van der Waals surface area contributed by atoms with Crippen molar-refractivity contribution in [2.75, 3.05) is 6.54 Å². The van der Waals surface area contributed by atoms with E-state index >= 15 is 0 Å². The summed E-state index contributed by atoms with van der Waals surface area (Å²) in [7, 11) is 0. The zero-order valence-electron chi connectivity index (χ0n) is 7.54. The Morgan fingerprint density at radius 1 is 1.54 bits per heavy atom. The molecule has 1 aliphatic rings. The molecule has 1 atom stereocenters. The minimum atomic E-state index is -0.610. The Morgan fingerprint density at radius 3 is 2.69 bits per heavy atom. The molecular formula is C8H13N3O2. The molecule has 0 saturated carbocycles. The number of hydrogen-bond acceptors (Lipinski definition) is 3. The van der Waals surface area contributed by atoms with Gasteiger partial charge in [0.1, 0.15) is 11.8 Å². The average molecular weight is 183 g/mol. The smallest absolute Gasteiger partial charge is 0.259 e. The molecule has 0 spiro atoms. The van der Waals surface area contributed by atoms with Crippen LogP contribution in [0.5, 0.6) is 0 Å². The summed E-state index contributed by atoms with van der Waals surface area (Å²) < 4.78 is 0. The van der Waals surface area contributed by atoms with Gasteiger partial charge < -0.3 is 11.1 Å². The van der Waals surface area contributed by atoms with Crippen LogP contribution in [-0.2, 0) is 9.59 Å². The monoisotopic (exact) mass is 183 g/mol. The summed E-state index contributed by atoms with van der Waals surface area (Å²) in [5, 5.41) is 2.56. The van der Waals surface area contributed by atoms with Crippen LogP contribution in [0.4, 0.5) is 0 Å². The second-order valence-electron chi connectivity index (χ2n) is 2.89. The van der Waals surface area contributed by atoms with Gasteiger partial charge in [-0.2, -0.15) is 4.99 Å². The molecule has 0 aromatic heterocycles. The summed E-state index contributed by atoms with van der Waals surface area (Å²) in [4.78, 5) is 26.2. The van der Waals surface area contributed by atoms with E-state index in [4.69, 9.17) is 5.73 Å². The lowest BCUT2D eigenvalue weighted by molar-refractivity contribution is -0.133. The van der Waals surface area contributed by atoms with Crippen molar-refractivity contribution in [1.29, 1.82) is 0 Å². The van der Waals surface area contributed by atoms with Crippen molar-refractivity contribution in [1.82, 2.24) is 5.32 Å². The van der Waals surface area contributed by atoms with Crippen molar-refractivity contribution in [3.05, 3.63) is 0 Å². The van der Waals surface area contributed by atoms with Crippen LogP contribution >= 0.6 is 0 Å². The van der Waals surface area contributed by atoms with E-state index < -0.39 is 5.92 Å². The Balaban J connectivity index is 2.75. The van der Waals surface area contributed by atoms with Crippen molar-refractivity contribution >= 4 is 17.6 Å². The van der Waals surface area contributed by atoms with Crippen LogP contribution < -0.4 is 11.1 Å². The molecule has 1 aliphatic heterocycles. The second kappa shape index (κ2) is 4.13. The van der Waals surface area contributed by atoms with Gasteiger partial charge in [0.25, 0.3) is 5.91 Å². The second-order valence-corrected chi connectivity index (χ2v) is 2.89. The molecule has 0 fully saturated rings. The van der Waals surface area contributed by atoms with Crippen molar-refractivity contribution in [2.24, 2.45) is 16.6 Å². The van der Waals surface area contributed by atoms with E-state index in [2.05, 4.69) is 10.3 Å². The van der Waals surface area contributed by atoms with Gasteiger partial charge in [0, 0.05) is 6.42 Å². The Hall–Kier alpha value is -1.23. The van der Waals surface area contributed by atoms with Gasteiger partial charge in [-0.3, -0.25) is 9.59 Å². The molecule has 5 nitrogen and oxygen atoms in total. The summed E-state index contributed by atoms with van der Waals surface area (Å²) in [6, 6.07) is 0. The Morgan fingerprint density at radius 2 is 2.23 bits per heavy atom.